The summed E-state index contributed by atoms with van der Waals surface area (Å²) in [5.41, 5.74) is 4.73. The minimum atomic E-state index is 1.03. The van der Waals surface area contributed by atoms with Crippen LogP contribution in [0.2, 0.25) is 0 Å². The minimum absolute atomic E-state index is 1.03. The van der Waals surface area contributed by atoms with Crippen LogP contribution < -0.4 is 5.32 Å². The maximum Gasteiger partial charge on any atom is 0.131 e. The highest BCUT2D eigenvalue weighted by atomic mass is 15.3. The third kappa shape index (κ3) is 3.99. The van der Waals surface area contributed by atoms with Crippen LogP contribution in [0.5, 0.6) is 0 Å². The van der Waals surface area contributed by atoms with Gasteiger partial charge in [-0.15, -0.1) is 0 Å². The van der Waals surface area contributed by atoms with Crippen molar-refractivity contribution >= 4 is 27.6 Å². The van der Waals surface area contributed by atoms with Crippen LogP contribution in [-0.4, -0.2) is 27.0 Å². The Hall–Kier alpha value is -2.82. The number of hydrogen-bond donors (Lipinski definition) is 2. The normalized spacial score (nSPS) is 10.0. The molecule has 132 valence electrons. The lowest BCUT2D eigenvalue weighted by molar-refractivity contribution is 0.787. The van der Waals surface area contributed by atoms with Crippen molar-refractivity contribution in [1.29, 1.82) is 0 Å². The van der Waals surface area contributed by atoms with E-state index in [1.165, 1.54) is 21.9 Å². The fourth-order valence-electron chi connectivity index (χ4n) is 2.86. The standard InChI is InChI=1S/C9H11N3.C9H10N2.C2H6/c1-10-9-7-5-3-4-6-8(7)11-12(9)2;1-6-3-7(2)9-8(4-6)5-10-11-9;1-2/h3-6,10H,1-2H3;3-5H,1-2H3,(H,10,11);1-2H3. The molecular weight excluding hydrogens is 310 g/mol. The molecule has 4 rings (SSSR count). The van der Waals surface area contributed by atoms with Gasteiger partial charge in [-0.05, 0) is 37.6 Å². The zero-order valence-electron chi connectivity index (χ0n) is 15.9. The van der Waals surface area contributed by atoms with Crippen molar-refractivity contribution in [2.24, 2.45) is 7.05 Å². The van der Waals surface area contributed by atoms with E-state index in [4.69, 9.17) is 0 Å². The van der Waals surface area contributed by atoms with E-state index in [0.717, 1.165) is 16.9 Å². The van der Waals surface area contributed by atoms with Gasteiger partial charge in [-0.25, -0.2) is 0 Å². The second-order valence-corrected chi connectivity index (χ2v) is 5.66. The largest absolute Gasteiger partial charge is 0.373 e. The number of nitrogens with one attached hydrogen (secondary N) is 2. The summed E-state index contributed by atoms with van der Waals surface area (Å²) >= 11 is 0. The molecule has 0 unspecified atom stereocenters. The topological polar surface area (TPSA) is 58.5 Å². The first kappa shape index (κ1) is 18.5. The van der Waals surface area contributed by atoms with Gasteiger partial charge in [-0.3, -0.25) is 9.78 Å². The summed E-state index contributed by atoms with van der Waals surface area (Å²) < 4.78 is 1.85. The van der Waals surface area contributed by atoms with Crippen molar-refractivity contribution in [3.05, 3.63) is 53.7 Å². The maximum absolute atomic E-state index is 4.34. The second kappa shape index (κ2) is 8.33. The Morgan fingerprint density at radius 3 is 2.52 bits per heavy atom. The highest BCUT2D eigenvalue weighted by molar-refractivity contribution is 5.89. The third-order valence-corrected chi connectivity index (χ3v) is 3.87. The number of nitrogens with zero attached hydrogens (tertiary/aromatic N) is 3. The number of aromatic nitrogens is 4. The number of hydrogen-bond acceptors (Lipinski definition) is 3. The van der Waals surface area contributed by atoms with Crippen molar-refractivity contribution in [2.75, 3.05) is 12.4 Å². The highest BCUT2D eigenvalue weighted by Crippen LogP contribution is 2.21. The maximum atomic E-state index is 4.34. The van der Waals surface area contributed by atoms with Crippen LogP contribution in [-0.2, 0) is 7.05 Å². The van der Waals surface area contributed by atoms with E-state index in [2.05, 4.69) is 52.7 Å². The first-order valence-corrected chi connectivity index (χ1v) is 8.60. The van der Waals surface area contributed by atoms with Crippen LogP contribution >= 0.6 is 0 Å². The van der Waals surface area contributed by atoms with E-state index >= 15 is 0 Å². The van der Waals surface area contributed by atoms with E-state index in [1.54, 1.807) is 0 Å². The summed E-state index contributed by atoms with van der Waals surface area (Å²) in [5.74, 6) is 1.06. The molecule has 0 spiro atoms. The molecule has 0 bridgehead atoms. The fraction of sp³-hybridized carbons (Fsp3) is 0.300. The Bertz CT molecular complexity index is 949. The quantitative estimate of drug-likeness (QED) is 0.523. The first-order chi connectivity index (χ1) is 12.1. The molecule has 0 fully saturated rings. The van der Waals surface area contributed by atoms with Crippen LogP contribution in [0.4, 0.5) is 5.82 Å². The van der Waals surface area contributed by atoms with Crippen LogP contribution in [0.25, 0.3) is 21.8 Å². The average Bonchev–Trinajstić information content (AvgIpc) is 3.20. The number of H-pyrrole nitrogens is 1. The first-order valence-electron chi connectivity index (χ1n) is 8.60. The SMILES string of the molecule is CC.CNc1c2ccccc2nn1C.Cc1cc(C)c2[nH]ncc2c1. The lowest BCUT2D eigenvalue weighted by Gasteiger charge is -1.98. The molecule has 0 radical (unpaired) electrons. The molecule has 0 saturated heterocycles. The second-order valence-electron chi connectivity index (χ2n) is 5.66. The van der Waals surface area contributed by atoms with Crippen molar-refractivity contribution in [3.8, 4) is 0 Å². The summed E-state index contributed by atoms with van der Waals surface area (Å²) in [4.78, 5) is 0. The van der Waals surface area contributed by atoms with Gasteiger partial charge < -0.3 is 5.32 Å². The zero-order valence-corrected chi connectivity index (χ0v) is 15.9. The monoisotopic (exact) mass is 337 g/mol. The van der Waals surface area contributed by atoms with Gasteiger partial charge in [0, 0.05) is 24.9 Å². The number of benzene rings is 2. The fourth-order valence-corrected chi connectivity index (χ4v) is 2.86. The van der Waals surface area contributed by atoms with Crippen molar-refractivity contribution in [3.63, 3.8) is 0 Å². The molecule has 0 amide bonds. The van der Waals surface area contributed by atoms with E-state index in [0.29, 0.717) is 0 Å². The number of aromatic amines is 1. The Labute approximate surface area is 149 Å². The van der Waals surface area contributed by atoms with E-state index in [-0.39, 0.29) is 0 Å². The molecule has 0 atom stereocenters. The van der Waals surface area contributed by atoms with Crippen molar-refractivity contribution in [1.82, 2.24) is 20.0 Å². The summed E-state index contributed by atoms with van der Waals surface area (Å²) in [6.07, 6.45) is 1.86. The van der Waals surface area contributed by atoms with Crippen molar-refractivity contribution in [2.45, 2.75) is 27.7 Å². The Morgan fingerprint density at radius 2 is 1.80 bits per heavy atom. The molecule has 0 aliphatic heterocycles. The molecule has 0 aliphatic carbocycles. The lowest BCUT2D eigenvalue weighted by Crippen LogP contribution is -1.97. The molecule has 25 heavy (non-hydrogen) atoms. The Kier molecular flexibility index (Phi) is 6.17. The van der Waals surface area contributed by atoms with Gasteiger partial charge >= 0.3 is 0 Å². The molecule has 2 aromatic carbocycles. The number of anilines is 1. The van der Waals surface area contributed by atoms with Crippen molar-refractivity contribution < 1.29 is 0 Å². The lowest BCUT2D eigenvalue weighted by atomic mass is 10.1. The smallest absolute Gasteiger partial charge is 0.131 e. The molecule has 2 N–H and O–H groups in total. The molecule has 2 heterocycles. The van der Waals surface area contributed by atoms with Gasteiger partial charge in [-0.1, -0.05) is 37.6 Å². The summed E-state index contributed by atoms with van der Waals surface area (Å²) in [5, 5.41) is 16.8. The van der Waals surface area contributed by atoms with Crippen LogP contribution in [0.1, 0.15) is 25.0 Å². The van der Waals surface area contributed by atoms with Gasteiger partial charge in [-0.2, -0.15) is 10.2 Å². The predicted octanol–water partition coefficient (Wildman–Crippen LogP) is 4.82. The van der Waals surface area contributed by atoms with Gasteiger partial charge in [0.25, 0.3) is 0 Å². The van der Waals surface area contributed by atoms with E-state index < -0.39 is 0 Å². The molecule has 5 nitrogen and oxygen atoms in total. The highest BCUT2D eigenvalue weighted by Gasteiger charge is 2.04. The average molecular weight is 337 g/mol. The van der Waals surface area contributed by atoms with Gasteiger partial charge in [0.05, 0.1) is 17.2 Å². The zero-order chi connectivity index (χ0) is 18.4. The number of fused-ring (bicyclic) bond motifs is 2. The number of rotatable bonds is 1. The third-order valence-electron chi connectivity index (χ3n) is 3.87. The summed E-state index contributed by atoms with van der Waals surface area (Å²) in [6, 6.07) is 12.4. The van der Waals surface area contributed by atoms with E-state index in [9.17, 15) is 0 Å². The Balaban J connectivity index is 0.000000165. The van der Waals surface area contributed by atoms with Crippen LogP contribution in [0.15, 0.2) is 42.6 Å². The van der Waals surface area contributed by atoms with Gasteiger partial charge in [0.15, 0.2) is 0 Å². The predicted molar refractivity (Wildman–Crippen MR) is 107 cm³/mol. The molecule has 5 heteroatoms. The molecule has 0 saturated carbocycles. The van der Waals surface area contributed by atoms with Crippen LogP contribution in [0.3, 0.4) is 0 Å². The van der Waals surface area contributed by atoms with E-state index in [1.807, 2.05) is 57.0 Å². The van der Waals surface area contributed by atoms with Gasteiger partial charge in [0.2, 0.25) is 0 Å². The van der Waals surface area contributed by atoms with Crippen LogP contribution in [0, 0.1) is 13.8 Å². The molecular formula is C20H27N5. The summed E-state index contributed by atoms with van der Waals surface area (Å²) in [7, 11) is 3.84. The number of aryl methyl sites for hydroxylation is 3. The molecule has 2 aromatic heterocycles. The summed E-state index contributed by atoms with van der Waals surface area (Å²) in [6.45, 7) is 8.19. The minimum Gasteiger partial charge on any atom is -0.373 e. The Morgan fingerprint density at radius 1 is 1.08 bits per heavy atom. The molecule has 0 aliphatic rings. The van der Waals surface area contributed by atoms with Gasteiger partial charge in [0.1, 0.15) is 5.82 Å². The molecule has 4 aromatic rings.